The molecule has 0 atom stereocenters. The van der Waals surface area contributed by atoms with Crippen LogP contribution in [-0.2, 0) is 6.61 Å². The Balaban J connectivity index is 1.94. The number of hydrogen-bond donors (Lipinski definition) is 0. The lowest BCUT2D eigenvalue weighted by atomic mass is 10.0. The van der Waals surface area contributed by atoms with Crippen LogP contribution in [0.2, 0.25) is 15.1 Å². The highest BCUT2D eigenvalue weighted by atomic mass is 79.9. The Kier molecular flexibility index (Phi) is 8.28. The summed E-state index contributed by atoms with van der Waals surface area (Å²) in [5.41, 5.74) is 2.68. The maximum atomic E-state index is 9.65. The van der Waals surface area contributed by atoms with Gasteiger partial charge in [0, 0.05) is 26.2 Å². The fraction of sp³-hybridized carbons (Fsp3) is 0.125. The predicted molar refractivity (Wildman–Crippen MR) is 131 cm³/mol. The Bertz CT molecular complexity index is 1170. The number of rotatable bonds is 7. The Morgan fingerprint density at radius 2 is 1.81 bits per heavy atom. The van der Waals surface area contributed by atoms with Gasteiger partial charge in [-0.15, -0.1) is 0 Å². The van der Waals surface area contributed by atoms with Crippen molar-refractivity contribution in [3.05, 3.63) is 90.8 Å². The van der Waals surface area contributed by atoms with E-state index in [0.29, 0.717) is 48.8 Å². The third-order valence-corrected chi connectivity index (χ3v) is 5.82. The number of benzene rings is 3. The van der Waals surface area contributed by atoms with Crippen LogP contribution >= 0.6 is 50.7 Å². The van der Waals surface area contributed by atoms with Gasteiger partial charge < -0.3 is 9.47 Å². The molecular formula is C24H17BrCl3NO2. The molecule has 0 saturated heterocycles. The molecule has 0 fully saturated rings. The van der Waals surface area contributed by atoms with E-state index < -0.39 is 0 Å². The molecule has 0 aliphatic rings. The summed E-state index contributed by atoms with van der Waals surface area (Å²) in [5.74, 6) is 1.09. The number of halogens is 4. The van der Waals surface area contributed by atoms with Crippen LogP contribution in [0.4, 0.5) is 0 Å². The Hall–Kier alpha value is -2.16. The average Bonchev–Trinajstić information content (AvgIpc) is 2.73. The molecular weight excluding hydrogens is 521 g/mol. The highest BCUT2D eigenvalue weighted by Gasteiger charge is 2.14. The molecule has 0 aliphatic carbocycles. The van der Waals surface area contributed by atoms with Gasteiger partial charge in [0.05, 0.1) is 22.7 Å². The van der Waals surface area contributed by atoms with Crippen LogP contribution in [0.15, 0.2) is 59.1 Å². The molecule has 7 heteroatoms. The maximum Gasteiger partial charge on any atom is 0.175 e. The molecule has 0 aromatic heterocycles. The van der Waals surface area contributed by atoms with E-state index in [4.69, 9.17) is 44.3 Å². The zero-order valence-electron chi connectivity index (χ0n) is 16.5. The van der Waals surface area contributed by atoms with Crippen LogP contribution in [0.5, 0.6) is 11.5 Å². The molecule has 3 aromatic carbocycles. The summed E-state index contributed by atoms with van der Waals surface area (Å²) < 4.78 is 12.5. The second-order valence-electron chi connectivity index (χ2n) is 6.44. The first-order valence-electron chi connectivity index (χ1n) is 9.32. The second kappa shape index (κ2) is 10.9. The quantitative estimate of drug-likeness (QED) is 0.224. The minimum atomic E-state index is 0.243. The molecule has 3 nitrogen and oxygen atoms in total. The molecule has 0 unspecified atom stereocenters. The minimum absolute atomic E-state index is 0.243. The maximum absolute atomic E-state index is 9.65. The molecule has 0 bridgehead atoms. The van der Waals surface area contributed by atoms with Crippen molar-refractivity contribution in [3.8, 4) is 17.6 Å². The fourth-order valence-corrected chi connectivity index (χ4v) is 4.15. The first-order valence-corrected chi connectivity index (χ1v) is 11.3. The van der Waals surface area contributed by atoms with E-state index in [2.05, 4.69) is 22.0 Å². The van der Waals surface area contributed by atoms with Crippen LogP contribution in [-0.4, -0.2) is 6.61 Å². The van der Waals surface area contributed by atoms with Crippen molar-refractivity contribution >= 4 is 62.4 Å². The molecule has 0 radical (unpaired) electrons. The minimum Gasteiger partial charge on any atom is -0.490 e. The third kappa shape index (κ3) is 5.96. The molecule has 0 amide bonds. The number of hydrogen-bond acceptors (Lipinski definition) is 3. The van der Waals surface area contributed by atoms with Crippen molar-refractivity contribution in [1.29, 1.82) is 5.26 Å². The summed E-state index contributed by atoms with van der Waals surface area (Å²) >= 11 is 22.0. The molecule has 0 heterocycles. The standard InChI is InChI=1S/C24H17BrCl3NO2/c1-2-30-23-11-15(9-17(13-29)19-5-3-4-6-21(19)27)10-20(25)24(23)31-14-16-7-8-18(26)12-22(16)28/h3-12H,2,14H2,1H3. The molecule has 0 aliphatic heterocycles. The van der Waals surface area contributed by atoms with Crippen molar-refractivity contribution in [3.63, 3.8) is 0 Å². The normalized spacial score (nSPS) is 11.2. The van der Waals surface area contributed by atoms with Gasteiger partial charge in [-0.1, -0.05) is 59.1 Å². The molecule has 31 heavy (non-hydrogen) atoms. The molecule has 3 rings (SSSR count). The summed E-state index contributed by atoms with van der Waals surface area (Å²) in [5, 5.41) is 11.3. The van der Waals surface area contributed by atoms with Gasteiger partial charge in [0.15, 0.2) is 11.5 Å². The smallest absolute Gasteiger partial charge is 0.175 e. The second-order valence-corrected chi connectivity index (χ2v) is 8.54. The lowest BCUT2D eigenvalue weighted by Crippen LogP contribution is -2.01. The number of nitriles is 1. The van der Waals surface area contributed by atoms with E-state index >= 15 is 0 Å². The lowest BCUT2D eigenvalue weighted by molar-refractivity contribution is 0.267. The summed E-state index contributed by atoms with van der Waals surface area (Å²) in [4.78, 5) is 0. The van der Waals surface area contributed by atoms with Gasteiger partial charge in [-0.25, -0.2) is 0 Å². The van der Waals surface area contributed by atoms with E-state index in [1.807, 2.05) is 43.3 Å². The van der Waals surface area contributed by atoms with Crippen molar-refractivity contribution in [1.82, 2.24) is 0 Å². The Morgan fingerprint density at radius 1 is 1.03 bits per heavy atom. The fourth-order valence-electron chi connectivity index (χ4n) is 2.88. The number of allylic oxidation sites excluding steroid dienone is 1. The molecule has 0 spiro atoms. The third-order valence-electron chi connectivity index (χ3n) is 4.31. The highest BCUT2D eigenvalue weighted by Crippen LogP contribution is 2.39. The molecule has 158 valence electrons. The summed E-state index contributed by atoms with van der Waals surface area (Å²) in [6.45, 7) is 2.58. The number of ether oxygens (including phenoxy) is 2. The average molecular weight is 538 g/mol. The van der Waals surface area contributed by atoms with Crippen LogP contribution in [0.1, 0.15) is 23.6 Å². The zero-order chi connectivity index (χ0) is 22.4. The van der Waals surface area contributed by atoms with Crippen molar-refractivity contribution in [2.75, 3.05) is 6.61 Å². The van der Waals surface area contributed by atoms with Gasteiger partial charge in [0.25, 0.3) is 0 Å². The predicted octanol–water partition coefficient (Wildman–Crippen LogP) is 8.45. The largest absolute Gasteiger partial charge is 0.490 e. The van der Waals surface area contributed by atoms with Crippen molar-refractivity contribution < 1.29 is 9.47 Å². The molecule has 0 saturated carbocycles. The van der Waals surface area contributed by atoms with Gasteiger partial charge in [-0.05, 0) is 64.8 Å². The van der Waals surface area contributed by atoms with Crippen molar-refractivity contribution in [2.24, 2.45) is 0 Å². The lowest BCUT2D eigenvalue weighted by Gasteiger charge is -2.15. The van der Waals surface area contributed by atoms with Gasteiger partial charge in [0.1, 0.15) is 6.61 Å². The first kappa shape index (κ1) is 23.5. The van der Waals surface area contributed by atoms with Crippen LogP contribution < -0.4 is 9.47 Å². The van der Waals surface area contributed by atoms with E-state index in [0.717, 1.165) is 11.1 Å². The van der Waals surface area contributed by atoms with Crippen LogP contribution in [0, 0.1) is 11.3 Å². The van der Waals surface area contributed by atoms with Gasteiger partial charge in [-0.2, -0.15) is 5.26 Å². The first-order chi connectivity index (χ1) is 14.9. The molecule has 3 aromatic rings. The zero-order valence-corrected chi connectivity index (χ0v) is 20.3. The van der Waals surface area contributed by atoms with Crippen LogP contribution in [0.3, 0.4) is 0 Å². The Morgan fingerprint density at radius 3 is 2.48 bits per heavy atom. The van der Waals surface area contributed by atoms with Gasteiger partial charge in [0.2, 0.25) is 0 Å². The van der Waals surface area contributed by atoms with Crippen LogP contribution in [0.25, 0.3) is 11.6 Å². The van der Waals surface area contributed by atoms with Crippen molar-refractivity contribution in [2.45, 2.75) is 13.5 Å². The topological polar surface area (TPSA) is 42.2 Å². The number of nitrogens with zero attached hydrogens (tertiary/aromatic N) is 1. The summed E-state index contributed by atoms with van der Waals surface area (Å²) in [6.07, 6.45) is 1.76. The van der Waals surface area contributed by atoms with E-state index in [1.165, 1.54) is 0 Å². The molecule has 0 N–H and O–H groups in total. The van der Waals surface area contributed by atoms with E-state index in [-0.39, 0.29) is 6.61 Å². The highest BCUT2D eigenvalue weighted by molar-refractivity contribution is 9.10. The monoisotopic (exact) mass is 535 g/mol. The van der Waals surface area contributed by atoms with Gasteiger partial charge in [-0.3, -0.25) is 0 Å². The van der Waals surface area contributed by atoms with E-state index in [9.17, 15) is 5.26 Å². The summed E-state index contributed by atoms with van der Waals surface area (Å²) in [7, 11) is 0. The van der Waals surface area contributed by atoms with E-state index in [1.54, 1.807) is 24.3 Å². The van der Waals surface area contributed by atoms with Gasteiger partial charge >= 0.3 is 0 Å². The Labute approximate surface area is 204 Å². The SMILES string of the molecule is CCOc1cc(C=C(C#N)c2ccccc2Cl)cc(Br)c1OCc1ccc(Cl)cc1Cl. The summed E-state index contributed by atoms with van der Waals surface area (Å²) in [6, 6.07) is 18.4.